The molecule has 4 aliphatic carbocycles. The minimum absolute atomic E-state index is 0.0754. The van der Waals surface area contributed by atoms with Crippen LogP contribution in [-0.4, -0.2) is 56.3 Å². The number of carbonyl (C=O) groups is 1. The monoisotopic (exact) mass is 680 g/mol. The molecule has 4 saturated carbocycles. The number of hydrogen-bond acceptors (Lipinski definition) is 5. The highest BCUT2D eigenvalue weighted by Crippen LogP contribution is 2.70. The van der Waals surface area contributed by atoms with E-state index in [9.17, 15) is 4.79 Å². The largest absolute Gasteiger partial charge is 0.469 e. The SMILES string of the molecule is CC[Si](C)(C)O[C@@H]1CC[C@@]2(C)[C@H](C1)C[C@H](O[Si](C)(C)CC)[C@@H]1[C@@H]2C[C@H](O[Si](C)(C)CC)[C@]2(C)[C@@H]([C@H](C)CCC(=O)OC)CC[C@@H]12. The highest BCUT2D eigenvalue weighted by Gasteiger charge is 2.67. The van der Waals surface area contributed by atoms with E-state index in [1.54, 1.807) is 0 Å². The van der Waals surface area contributed by atoms with Crippen LogP contribution in [0.4, 0.5) is 0 Å². The molecule has 0 radical (unpaired) electrons. The summed E-state index contributed by atoms with van der Waals surface area (Å²) in [7, 11) is -3.69. The van der Waals surface area contributed by atoms with Crippen molar-refractivity contribution in [2.24, 2.45) is 46.3 Å². The first-order valence-electron chi connectivity index (χ1n) is 19.0. The third kappa shape index (κ3) is 7.76. The summed E-state index contributed by atoms with van der Waals surface area (Å²) in [6.45, 7) is 29.3. The van der Waals surface area contributed by atoms with Gasteiger partial charge in [-0.2, -0.15) is 0 Å². The van der Waals surface area contributed by atoms with Gasteiger partial charge in [0.1, 0.15) is 0 Å². The highest BCUT2D eigenvalue weighted by molar-refractivity contribution is 6.71. The van der Waals surface area contributed by atoms with Crippen molar-refractivity contribution in [1.29, 1.82) is 0 Å². The van der Waals surface area contributed by atoms with E-state index in [4.69, 9.17) is 18.0 Å². The molecule has 4 fully saturated rings. The molecule has 0 aromatic rings. The maximum Gasteiger partial charge on any atom is 0.305 e. The zero-order valence-corrected chi connectivity index (χ0v) is 34.7. The van der Waals surface area contributed by atoms with Crippen LogP contribution in [0.15, 0.2) is 0 Å². The first-order valence-corrected chi connectivity index (χ1v) is 28.3. The molecule has 0 heterocycles. The lowest BCUT2D eigenvalue weighted by molar-refractivity contribution is -0.199. The average Bonchev–Trinajstić information content (AvgIpc) is 3.34. The summed E-state index contributed by atoms with van der Waals surface area (Å²) in [6, 6.07) is 3.51. The fraction of sp³-hybridized carbons (Fsp3) is 0.973. The number of ether oxygens (including phenoxy) is 1. The van der Waals surface area contributed by atoms with E-state index in [0.717, 1.165) is 12.5 Å². The Bertz CT molecular complexity index is 1020. The normalized spacial score (nSPS) is 39.5. The first kappa shape index (κ1) is 37.8. The molecule has 11 atom stereocenters. The number of methoxy groups -OCH3 is 1. The lowest BCUT2D eigenvalue weighted by Gasteiger charge is -2.66. The summed E-state index contributed by atoms with van der Waals surface area (Å²) in [5, 5.41) is 0. The second kappa shape index (κ2) is 14.1. The maximum atomic E-state index is 12.2. The Hall–Kier alpha value is 0.000649. The van der Waals surface area contributed by atoms with E-state index < -0.39 is 25.0 Å². The molecule has 0 spiro atoms. The van der Waals surface area contributed by atoms with Gasteiger partial charge >= 0.3 is 5.97 Å². The molecule has 45 heavy (non-hydrogen) atoms. The summed E-state index contributed by atoms with van der Waals surface area (Å²) < 4.78 is 27.0. The Morgan fingerprint density at radius 3 is 2.00 bits per heavy atom. The van der Waals surface area contributed by atoms with Crippen molar-refractivity contribution in [1.82, 2.24) is 0 Å². The van der Waals surface area contributed by atoms with Gasteiger partial charge in [-0.3, -0.25) is 4.79 Å². The third-order valence-electron chi connectivity index (χ3n) is 14.4. The number of hydrogen-bond donors (Lipinski definition) is 0. The van der Waals surface area contributed by atoms with Gasteiger partial charge in [-0.1, -0.05) is 41.5 Å². The Kier molecular flexibility index (Phi) is 11.8. The summed E-state index contributed by atoms with van der Waals surface area (Å²) in [6.07, 6.45) is 11.1. The van der Waals surface area contributed by atoms with Crippen molar-refractivity contribution in [2.45, 2.75) is 175 Å². The number of carbonyl (C=O) groups excluding carboxylic acids is 1. The Balaban J connectivity index is 1.74. The van der Waals surface area contributed by atoms with Crippen LogP contribution in [0.2, 0.25) is 57.4 Å². The average molecular weight is 681 g/mol. The summed E-state index contributed by atoms with van der Waals surface area (Å²) >= 11 is 0. The molecule has 5 nitrogen and oxygen atoms in total. The predicted octanol–water partition coefficient (Wildman–Crippen LogP) is 10.3. The van der Waals surface area contributed by atoms with Gasteiger partial charge in [0.25, 0.3) is 0 Å². The number of fused-ring (bicyclic) bond motifs is 5. The standard InChI is InChI=1S/C37H72O5Si3/c1-14-43(8,9)40-28-21-22-36(5)27(23-28)24-32(41-44(10,11)15-2)35-30-19-18-29(26(4)17-20-34(38)39-7)37(30,6)33(25-31(35)36)42-45(12,13)16-3/h26-33,35H,14-25H2,1-13H3/t26-,27-,28-,29-,30+,31+,32+,33+,35+,36+,37-/m1/s1. The minimum Gasteiger partial charge on any atom is -0.469 e. The lowest BCUT2D eigenvalue weighted by atomic mass is 9.43. The second-order valence-corrected chi connectivity index (χ2v) is 31.6. The quantitative estimate of drug-likeness (QED) is 0.143. The molecule has 262 valence electrons. The molecular formula is C37H72O5Si3. The van der Waals surface area contributed by atoms with Crippen molar-refractivity contribution in [3.05, 3.63) is 0 Å². The first-order chi connectivity index (χ1) is 20.9. The smallest absolute Gasteiger partial charge is 0.305 e. The molecule has 0 N–H and O–H groups in total. The van der Waals surface area contributed by atoms with Crippen molar-refractivity contribution >= 4 is 30.9 Å². The molecule has 0 unspecified atom stereocenters. The van der Waals surface area contributed by atoms with Crippen LogP contribution in [0.25, 0.3) is 0 Å². The molecule has 0 saturated heterocycles. The minimum atomic E-state index is -1.82. The van der Waals surface area contributed by atoms with E-state index in [1.165, 1.54) is 64.1 Å². The summed E-state index contributed by atoms with van der Waals surface area (Å²) in [5.41, 5.74) is 0.422. The van der Waals surface area contributed by atoms with Gasteiger partial charge in [0.05, 0.1) is 13.2 Å². The van der Waals surface area contributed by atoms with E-state index in [-0.39, 0.29) is 17.5 Å². The van der Waals surface area contributed by atoms with Gasteiger partial charge in [0, 0.05) is 18.6 Å². The van der Waals surface area contributed by atoms with Gasteiger partial charge in [0.2, 0.25) is 0 Å². The summed E-state index contributed by atoms with van der Waals surface area (Å²) in [5.74, 6) is 3.45. The van der Waals surface area contributed by atoms with E-state index in [1.807, 2.05) is 0 Å². The van der Waals surface area contributed by atoms with Gasteiger partial charge in [0.15, 0.2) is 25.0 Å². The topological polar surface area (TPSA) is 54.0 Å². The summed E-state index contributed by atoms with van der Waals surface area (Å²) in [4.78, 5) is 12.2. The maximum absolute atomic E-state index is 12.2. The molecule has 0 aromatic heterocycles. The molecule has 0 aliphatic heterocycles. The van der Waals surface area contributed by atoms with Crippen molar-refractivity contribution in [2.75, 3.05) is 7.11 Å². The number of rotatable bonds is 13. The van der Waals surface area contributed by atoms with E-state index >= 15 is 0 Å². The van der Waals surface area contributed by atoms with Crippen LogP contribution in [0.1, 0.15) is 99.3 Å². The van der Waals surface area contributed by atoms with E-state index in [2.05, 4.69) is 80.8 Å². The Morgan fingerprint density at radius 2 is 1.40 bits per heavy atom. The van der Waals surface area contributed by atoms with Crippen LogP contribution >= 0.6 is 0 Å². The fourth-order valence-electron chi connectivity index (χ4n) is 10.6. The Morgan fingerprint density at radius 1 is 0.800 bits per heavy atom. The molecule has 4 rings (SSSR count). The van der Waals surface area contributed by atoms with Crippen molar-refractivity contribution in [3.63, 3.8) is 0 Å². The van der Waals surface area contributed by atoms with Crippen LogP contribution in [0, 0.1) is 46.3 Å². The fourth-order valence-corrected chi connectivity index (χ4v) is 14.4. The molecule has 4 aliphatic rings. The molecule has 0 amide bonds. The zero-order valence-electron chi connectivity index (χ0n) is 31.7. The van der Waals surface area contributed by atoms with Crippen LogP contribution < -0.4 is 0 Å². The molecule has 0 bridgehead atoms. The van der Waals surface area contributed by atoms with Gasteiger partial charge in [-0.15, -0.1) is 0 Å². The second-order valence-electron chi connectivity index (χ2n) is 18.2. The van der Waals surface area contributed by atoms with Crippen molar-refractivity contribution in [3.8, 4) is 0 Å². The van der Waals surface area contributed by atoms with Gasteiger partial charge in [-0.05, 0) is 155 Å². The highest BCUT2D eigenvalue weighted by atomic mass is 28.4. The third-order valence-corrected chi connectivity index (χ3v) is 22.4. The molecule has 8 heteroatoms. The molecular weight excluding hydrogens is 609 g/mol. The van der Waals surface area contributed by atoms with Crippen molar-refractivity contribution < 1.29 is 22.8 Å². The van der Waals surface area contributed by atoms with E-state index in [0.29, 0.717) is 59.6 Å². The van der Waals surface area contributed by atoms with Gasteiger partial charge < -0.3 is 18.0 Å². The molecule has 0 aromatic carbocycles. The Labute approximate surface area is 281 Å². The lowest BCUT2D eigenvalue weighted by Crippen LogP contribution is -2.65. The van der Waals surface area contributed by atoms with Crippen LogP contribution in [0.5, 0.6) is 0 Å². The van der Waals surface area contributed by atoms with Crippen LogP contribution in [-0.2, 0) is 22.8 Å². The number of esters is 1. The predicted molar refractivity (Wildman–Crippen MR) is 195 cm³/mol. The van der Waals surface area contributed by atoms with Gasteiger partial charge in [-0.25, -0.2) is 0 Å². The van der Waals surface area contributed by atoms with Crippen LogP contribution in [0.3, 0.4) is 0 Å². The zero-order chi connectivity index (χ0) is 33.6.